The Kier molecular flexibility index (Phi) is 2.28. The Morgan fingerprint density at radius 1 is 1.31 bits per heavy atom. The molecule has 0 aliphatic carbocycles. The third-order valence-electron chi connectivity index (χ3n) is 3.20. The fourth-order valence-corrected chi connectivity index (χ4v) is 4.86. The molecule has 3 heteroatoms. The van der Waals surface area contributed by atoms with Crippen LogP contribution in [0.15, 0.2) is 24.3 Å². The van der Waals surface area contributed by atoms with Gasteiger partial charge in [-0.2, -0.15) is 0 Å². The molecule has 0 unspecified atom stereocenters. The molecule has 0 aromatic heterocycles. The van der Waals surface area contributed by atoms with Crippen molar-refractivity contribution in [2.45, 2.75) is 38.4 Å². The number of rotatable bonds is 0. The van der Waals surface area contributed by atoms with E-state index in [1.54, 1.807) is 0 Å². The summed E-state index contributed by atoms with van der Waals surface area (Å²) in [6, 6.07) is 9.36. The van der Waals surface area contributed by atoms with E-state index in [1.807, 2.05) is 0 Å². The van der Waals surface area contributed by atoms with Crippen LogP contribution in [0.25, 0.3) is 0 Å². The predicted molar refractivity (Wildman–Crippen MR) is 69.0 cm³/mol. The minimum atomic E-state index is -0.480. The first-order valence-corrected chi connectivity index (χ1v) is 7.09. The lowest BCUT2D eigenvalue weighted by molar-refractivity contribution is 0.355. The zero-order valence-corrected chi connectivity index (χ0v) is 11.0. The minimum absolute atomic E-state index is 0.238. The van der Waals surface area contributed by atoms with Crippen LogP contribution in [0.5, 0.6) is 0 Å². The van der Waals surface area contributed by atoms with Crippen LogP contribution in [-0.4, -0.2) is 17.8 Å². The van der Waals surface area contributed by atoms with Gasteiger partial charge in [-0.25, -0.2) is 0 Å². The minimum Gasteiger partial charge on any atom is -0.336 e. The van der Waals surface area contributed by atoms with Crippen molar-refractivity contribution < 1.29 is 4.52 Å². The molecular formula is C13H18NOP. The van der Waals surface area contributed by atoms with E-state index in [4.69, 9.17) is 4.52 Å². The molecule has 2 atom stereocenters. The van der Waals surface area contributed by atoms with Crippen LogP contribution in [0.1, 0.15) is 26.3 Å². The molecule has 2 nitrogen and oxygen atoms in total. The van der Waals surface area contributed by atoms with Crippen molar-refractivity contribution in [3.63, 3.8) is 0 Å². The van der Waals surface area contributed by atoms with E-state index in [9.17, 15) is 0 Å². The van der Waals surface area contributed by atoms with Crippen molar-refractivity contribution in [1.29, 1.82) is 0 Å². The van der Waals surface area contributed by atoms with Crippen LogP contribution in [-0.2, 0) is 10.9 Å². The van der Waals surface area contributed by atoms with E-state index in [0.717, 1.165) is 13.0 Å². The summed E-state index contributed by atoms with van der Waals surface area (Å²) >= 11 is 0. The Morgan fingerprint density at radius 2 is 2.06 bits per heavy atom. The number of hydrogen-bond acceptors (Lipinski definition) is 2. The fourth-order valence-electron chi connectivity index (χ4n) is 2.56. The summed E-state index contributed by atoms with van der Waals surface area (Å²) in [6.45, 7) is 7.74. The van der Waals surface area contributed by atoms with Gasteiger partial charge in [-0.05, 0) is 18.1 Å². The molecule has 3 rings (SSSR count). The molecule has 1 aromatic carbocycles. The first-order chi connectivity index (χ1) is 7.57. The first-order valence-electron chi connectivity index (χ1n) is 5.87. The quantitative estimate of drug-likeness (QED) is 0.637. The number of anilines is 1. The highest BCUT2D eigenvalue weighted by molar-refractivity contribution is 7.56. The number of fused-ring (bicyclic) bond motifs is 3. The number of nitrogens with zero attached hydrogens (tertiary/aromatic N) is 1. The lowest BCUT2D eigenvalue weighted by atomic mass is 10.1. The normalized spacial score (nSPS) is 28.1. The van der Waals surface area contributed by atoms with E-state index in [1.165, 1.54) is 11.3 Å². The van der Waals surface area contributed by atoms with Crippen LogP contribution in [0.4, 0.5) is 5.69 Å². The molecule has 2 heterocycles. The summed E-state index contributed by atoms with van der Waals surface area (Å²) in [5, 5.41) is 0.238. The van der Waals surface area contributed by atoms with Gasteiger partial charge in [0.25, 0.3) is 0 Å². The Hall–Kier alpha value is -0.590. The van der Waals surface area contributed by atoms with Gasteiger partial charge < -0.3 is 9.19 Å². The molecule has 2 aliphatic rings. The molecule has 1 aromatic rings. The van der Waals surface area contributed by atoms with Gasteiger partial charge in [0.1, 0.15) is 8.30 Å². The highest BCUT2D eigenvalue weighted by Crippen LogP contribution is 2.62. The lowest BCUT2D eigenvalue weighted by Crippen LogP contribution is -2.27. The molecule has 1 fully saturated rings. The molecule has 0 spiro atoms. The van der Waals surface area contributed by atoms with E-state index in [-0.39, 0.29) is 5.16 Å². The smallest absolute Gasteiger partial charge is 0.138 e. The van der Waals surface area contributed by atoms with E-state index < -0.39 is 8.30 Å². The van der Waals surface area contributed by atoms with Gasteiger partial charge in [0.05, 0.1) is 12.6 Å². The van der Waals surface area contributed by atoms with Gasteiger partial charge in [-0.1, -0.05) is 39.0 Å². The van der Waals surface area contributed by atoms with Crippen molar-refractivity contribution >= 4 is 14.0 Å². The molecule has 2 aliphatic heterocycles. The average Bonchev–Trinajstić information content (AvgIpc) is 2.73. The number of hydrogen-bond donors (Lipinski definition) is 0. The Labute approximate surface area is 98.5 Å². The third kappa shape index (κ3) is 1.48. The van der Waals surface area contributed by atoms with Gasteiger partial charge in [-0.3, -0.25) is 0 Å². The number of para-hydroxylation sites is 1. The molecular weight excluding hydrogens is 217 g/mol. The standard InChI is InChI=1S/C13H18NOP/c1-13(2,3)16-14-11(9-15-16)8-10-6-4-5-7-12(10)14/h4-7,11H,8-9H2,1-3H3/t11-,16-/m1/s1. The molecule has 16 heavy (non-hydrogen) atoms. The second-order valence-corrected chi connectivity index (χ2v) is 8.15. The summed E-state index contributed by atoms with van der Waals surface area (Å²) in [4.78, 5) is 0. The van der Waals surface area contributed by atoms with Crippen molar-refractivity contribution in [2.24, 2.45) is 0 Å². The van der Waals surface area contributed by atoms with Crippen LogP contribution in [0.3, 0.4) is 0 Å². The molecule has 1 saturated heterocycles. The van der Waals surface area contributed by atoms with Crippen LogP contribution in [0.2, 0.25) is 0 Å². The van der Waals surface area contributed by atoms with Gasteiger partial charge in [0.15, 0.2) is 0 Å². The van der Waals surface area contributed by atoms with Gasteiger partial charge in [0, 0.05) is 10.8 Å². The lowest BCUT2D eigenvalue weighted by Gasteiger charge is -2.33. The maximum absolute atomic E-state index is 6.03. The molecule has 0 N–H and O–H groups in total. The molecule has 86 valence electrons. The zero-order chi connectivity index (χ0) is 11.3. The van der Waals surface area contributed by atoms with Crippen molar-refractivity contribution in [3.05, 3.63) is 29.8 Å². The molecule has 0 saturated carbocycles. The number of benzene rings is 1. The summed E-state index contributed by atoms with van der Waals surface area (Å²) in [7, 11) is -0.480. The maximum Gasteiger partial charge on any atom is 0.138 e. The second kappa shape index (κ2) is 3.45. The van der Waals surface area contributed by atoms with Crippen molar-refractivity contribution in [2.75, 3.05) is 11.3 Å². The summed E-state index contributed by atoms with van der Waals surface area (Å²) in [5.41, 5.74) is 2.90. The highest BCUT2D eigenvalue weighted by atomic mass is 31.2. The molecule has 0 amide bonds. The van der Waals surface area contributed by atoms with Crippen molar-refractivity contribution in [3.8, 4) is 0 Å². The Bertz CT molecular complexity index is 413. The topological polar surface area (TPSA) is 12.5 Å². The SMILES string of the molecule is CC(C)(C)[P@@]1OC[C@H]2Cc3ccccc3N21. The summed E-state index contributed by atoms with van der Waals surface area (Å²) < 4.78 is 8.58. The van der Waals surface area contributed by atoms with Crippen LogP contribution >= 0.6 is 8.30 Å². The summed E-state index contributed by atoms with van der Waals surface area (Å²) in [6.07, 6.45) is 1.16. The van der Waals surface area contributed by atoms with E-state index in [0.29, 0.717) is 6.04 Å². The average molecular weight is 235 g/mol. The largest absolute Gasteiger partial charge is 0.336 e. The maximum atomic E-state index is 6.03. The highest BCUT2D eigenvalue weighted by Gasteiger charge is 2.45. The monoisotopic (exact) mass is 235 g/mol. The molecule has 0 bridgehead atoms. The second-order valence-electron chi connectivity index (χ2n) is 5.57. The van der Waals surface area contributed by atoms with E-state index >= 15 is 0 Å². The zero-order valence-electron chi connectivity index (χ0n) is 10.1. The molecule has 0 radical (unpaired) electrons. The van der Waals surface area contributed by atoms with Crippen LogP contribution in [0, 0.1) is 0 Å². The van der Waals surface area contributed by atoms with Gasteiger partial charge in [0.2, 0.25) is 0 Å². The van der Waals surface area contributed by atoms with E-state index in [2.05, 4.69) is 49.7 Å². The Morgan fingerprint density at radius 3 is 2.81 bits per heavy atom. The predicted octanol–water partition coefficient (Wildman–Crippen LogP) is 3.56. The van der Waals surface area contributed by atoms with Crippen LogP contribution < -0.4 is 4.67 Å². The fraction of sp³-hybridized carbons (Fsp3) is 0.538. The van der Waals surface area contributed by atoms with Gasteiger partial charge >= 0.3 is 0 Å². The third-order valence-corrected chi connectivity index (χ3v) is 5.67. The Balaban J connectivity index is 2.01. The first kappa shape index (κ1) is 10.6. The van der Waals surface area contributed by atoms with Gasteiger partial charge in [-0.15, -0.1) is 0 Å². The summed E-state index contributed by atoms with van der Waals surface area (Å²) in [5.74, 6) is 0. The van der Waals surface area contributed by atoms with Crippen molar-refractivity contribution in [1.82, 2.24) is 0 Å².